The molecule has 3 aromatic heterocycles. The van der Waals surface area contributed by atoms with Crippen LogP contribution in [0.2, 0.25) is 0 Å². The molecule has 0 saturated heterocycles. The molecule has 5 nitrogen and oxygen atoms in total. The fourth-order valence-electron chi connectivity index (χ4n) is 3.08. The Labute approximate surface area is 165 Å². The molecule has 3 heterocycles. The van der Waals surface area contributed by atoms with Crippen LogP contribution in [-0.2, 0) is 0 Å². The van der Waals surface area contributed by atoms with Gasteiger partial charge in [0.2, 0.25) is 11.8 Å². The number of hydrogen-bond donors (Lipinski definition) is 0. The molecule has 0 amide bonds. The van der Waals surface area contributed by atoms with Crippen molar-refractivity contribution >= 4 is 21.6 Å². The van der Waals surface area contributed by atoms with Gasteiger partial charge in [-0.05, 0) is 37.3 Å². The number of ether oxygens (including phenoxy) is 1. The van der Waals surface area contributed by atoms with E-state index >= 15 is 0 Å². The van der Waals surface area contributed by atoms with E-state index in [1.807, 2.05) is 78.3 Å². The van der Waals surface area contributed by atoms with Gasteiger partial charge in [0.25, 0.3) is 0 Å². The van der Waals surface area contributed by atoms with Gasteiger partial charge in [0.15, 0.2) is 0 Å². The first-order valence-corrected chi connectivity index (χ1v) is 9.71. The van der Waals surface area contributed by atoms with Gasteiger partial charge in [-0.1, -0.05) is 36.4 Å². The van der Waals surface area contributed by atoms with Crippen molar-refractivity contribution < 1.29 is 4.74 Å². The standard InChI is InChI=1S/C22H16N4OS/c1-15-20(21-24-17-11-5-6-12-18(17)28-21)22(27-19-13-7-8-14-23-19)26(25-15)16-9-3-2-4-10-16/h2-14H,1H3. The van der Waals surface area contributed by atoms with Crippen LogP contribution >= 0.6 is 11.3 Å². The number of nitrogens with zero attached hydrogens (tertiary/aromatic N) is 4. The second-order valence-electron chi connectivity index (χ2n) is 6.27. The summed E-state index contributed by atoms with van der Waals surface area (Å²) in [5.74, 6) is 1.13. The minimum atomic E-state index is 0.516. The van der Waals surface area contributed by atoms with Gasteiger partial charge in [-0.2, -0.15) is 9.78 Å². The smallest absolute Gasteiger partial charge is 0.235 e. The predicted molar refractivity (Wildman–Crippen MR) is 111 cm³/mol. The Bertz CT molecular complexity index is 1210. The zero-order chi connectivity index (χ0) is 18.9. The number of aromatic nitrogens is 4. The predicted octanol–water partition coefficient (Wildman–Crippen LogP) is 5.64. The lowest BCUT2D eigenvalue weighted by molar-refractivity contribution is 0.429. The van der Waals surface area contributed by atoms with Crippen molar-refractivity contribution in [2.24, 2.45) is 0 Å². The summed E-state index contributed by atoms with van der Waals surface area (Å²) < 4.78 is 9.17. The van der Waals surface area contributed by atoms with Crippen LogP contribution in [0.25, 0.3) is 26.5 Å². The van der Waals surface area contributed by atoms with E-state index in [4.69, 9.17) is 14.8 Å². The van der Waals surface area contributed by atoms with Gasteiger partial charge in [-0.25, -0.2) is 9.97 Å². The first kappa shape index (κ1) is 16.6. The maximum atomic E-state index is 6.22. The number of benzene rings is 2. The van der Waals surface area contributed by atoms with E-state index in [-0.39, 0.29) is 0 Å². The van der Waals surface area contributed by atoms with Gasteiger partial charge in [-0.3, -0.25) is 0 Å². The largest absolute Gasteiger partial charge is 0.420 e. The van der Waals surface area contributed by atoms with E-state index in [0.717, 1.165) is 32.2 Å². The Kier molecular flexibility index (Phi) is 4.10. The average molecular weight is 384 g/mol. The van der Waals surface area contributed by atoms with Crippen molar-refractivity contribution in [3.05, 3.63) is 84.7 Å². The summed E-state index contributed by atoms with van der Waals surface area (Å²) in [6, 6.07) is 23.7. The number of fused-ring (bicyclic) bond motifs is 1. The molecule has 136 valence electrons. The topological polar surface area (TPSA) is 52.8 Å². The fourth-order valence-corrected chi connectivity index (χ4v) is 4.13. The summed E-state index contributed by atoms with van der Waals surface area (Å²) in [6.45, 7) is 1.98. The molecule has 0 aliphatic rings. The molecule has 0 aliphatic carbocycles. The molecule has 5 aromatic rings. The zero-order valence-corrected chi connectivity index (χ0v) is 15.9. The highest BCUT2D eigenvalue weighted by atomic mass is 32.1. The van der Waals surface area contributed by atoms with Gasteiger partial charge in [0, 0.05) is 12.3 Å². The van der Waals surface area contributed by atoms with Crippen LogP contribution in [0.15, 0.2) is 79.0 Å². The molecule has 0 radical (unpaired) electrons. The molecule has 6 heteroatoms. The van der Waals surface area contributed by atoms with E-state index in [1.165, 1.54) is 0 Å². The first-order valence-electron chi connectivity index (χ1n) is 8.89. The third-order valence-electron chi connectivity index (χ3n) is 4.37. The minimum absolute atomic E-state index is 0.516. The number of hydrogen-bond acceptors (Lipinski definition) is 5. The molecule has 5 rings (SSSR count). The Balaban J connectivity index is 1.72. The second-order valence-corrected chi connectivity index (χ2v) is 7.30. The normalized spacial score (nSPS) is 11.0. The summed E-state index contributed by atoms with van der Waals surface area (Å²) in [4.78, 5) is 9.13. The number of thiazole rings is 1. The van der Waals surface area contributed by atoms with Gasteiger partial charge in [-0.15, -0.1) is 11.3 Å². The van der Waals surface area contributed by atoms with E-state index in [2.05, 4.69) is 11.1 Å². The van der Waals surface area contributed by atoms with Crippen molar-refractivity contribution in [1.29, 1.82) is 0 Å². The molecule has 0 N–H and O–H groups in total. The minimum Gasteiger partial charge on any atom is -0.420 e. The molecule has 0 saturated carbocycles. The van der Waals surface area contributed by atoms with Gasteiger partial charge in [0.1, 0.15) is 5.01 Å². The summed E-state index contributed by atoms with van der Waals surface area (Å²) in [7, 11) is 0. The highest BCUT2D eigenvalue weighted by molar-refractivity contribution is 7.21. The first-order chi connectivity index (χ1) is 13.8. The monoisotopic (exact) mass is 384 g/mol. The van der Waals surface area contributed by atoms with Crippen LogP contribution in [0.5, 0.6) is 11.8 Å². The summed E-state index contributed by atoms with van der Waals surface area (Å²) in [6.07, 6.45) is 1.71. The Morgan fingerprint density at radius 3 is 2.46 bits per heavy atom. The van der Waals surface area contributed by atoms with Gasteiger partial charge < -0.3 is 4.74 Å². The van der Waals surface area contributed by atoms with Crippen LogP contribution < -0.4 is 4.74 Å². The van der Waals surface area contributed by atoms with Crippen LogP contribution in [0.1, 0.15) is 5.69 Å². The number of aryl methyl sites for hydroxylation is 1. The van der Waals surface area contributed by atoms with Crippen molar-refractivity contribution in [2.75, 3.05) is 0 Å². The molecule has 28 heavy (non-hydrogen) atoms. The van der Waals surface area contributed by atoms with Gasteiger partial charge in [0.05, 0.1) is 27.2 Å². The molecule has 0 atom stereocenters. The Morgan fingerprint density at radius 2 is 1.68 bits per heavy atom. The molecule has 2 aromatic carbocycles. The Hall–Kier alpha value is -3.51. The lowest BCUT2D eigenvalue weighted by atomic mass is 10.2. The van der Waals surface area contributed by atoms with E-state index in [9.17, 15) is 0 Å². The van der Waals surface area contributed by atoms with Crippen molar-refractivity contribution in [1.82, 2.24) is 19.7 Å². The highest BCUT2D eigenvalue weighted by Gasteiger charge is 2.23. The maximum absolute atomic E-state index is 6.22. The average Bonchev–Trinajstić information content (AvgIpc) is 3.30. The van der Waals surface area contributed by atoms with Crippen molar-refractivity contribution in [3.63, 3.8) is 0 Å². The third kappa shape index (κ3) is 2.93. The number of para-hydroxylation sites is 2. The highest BCUT2D eigenvalue weighted by Crippen LogP contribution is 2.40. The third-order valence-corrected chi connectivity index (χ3v) is 5.42. The maximum Gasteiger partial charge on any atom is 0.235 e. The van der Waals surface area contributed by atoms with Gasteiger partial charge >= 0.3 is 0 Å². The van der Waals surface area contributed by atoms with E-state index in [0.29, 0.717) is 11.8 Å². The SMILES string of the molecule is Cc1nn(-c2ccccc2)c(Oc2ccccn2)c1-c1nc2ccccc2s1. The van der Waals surface area contributed by atoms with Crippen LogP contribution in [0.3, 0.4) is 0 Å². The zero-order valence-electron chi connectivity index (χ0n) is 15.1. The molecule has 0 bridgehead atoms. The van der Waals surface area contributed by atoms with Crippen LogP contribution in [0, 0.1) is 6.92 Å². The molecule has 0 spiro atoms. The number of rotatable bonds is 4. The fraction of sp³-hybridized carbons (Fsp3) is 0.0455. The molecule has 0 aliphatic heterocycles. The van der Waals surface area contributed by atoms with Crippen molar-refractivity contribution in [2.45, 2.75) is 6.92 Å². The van der Waals surface area contributed by atoms with E-state index in [1.54, 1.807) is 17.5 Å². The molecular weight excluding hydrogens is 368 g/mol. The summed E-state index contributed by atoms with van der Waals surface area (Å²) in [5.41, 5.74) is 3.63. The van der Waals surface area contributed by atoms with Crippen LogP contribution in [0.4, 0.5) is 0 Å². The molecule has 0 fully saturated rings. The lowest BCUT2D eigenvalue weighted by Crippen LogP contribution is -2.00. The summed E-state index contributed by atoms with van der Waals surface area (Å²) in [5, 5.41) is 5.64. The van der Waals surface area contributed by atoms with Crippen LogP contribution in [-0.4, -0.2) is 19.7 Å². The van der Waals surface area contributed by atoms with E-state index < -0.39 is 0 Å². The lowest BCUT2D eigenvalue weighted by Gasteiger charge is -2.09. The second kappa shape index (κ2) is 6.90. The number of pyridine rings is 1. The summed E-state index contributed by atoms with van der Waals surface area (Å²) >= 11 is 1.63. The Morgan fingerprint density at radius 1 is 0.893 bits per heavy atom. The quantitative estimate of drug-likeness (QED) is 0.402. The molecule has 0 unspecified atom stereocenters. The van der Waals surface area contributed by atoms with Crippen molar-refractivity contribution in [3.8, 4) is 28.0 Å². The molecular formula is C22H16N4OS.